The fourth-order valence-corrected chi connectivity index (χ4v) is 3.83. The van der Waals surface area contributed by atoms with Crippen LogP contribution in [-0.4, -0.2) is 63.6 Å². The minimum Gasteiger partial charge on any atom is -0.368 e. The lowest BCUT2D eigenvalue weighted by Gasteiger charge is -2.36. The molecule has 32 heavy (non-hydrogen) atoms. The van der Waals surface area contributed by atoms with E-state index < -0.39 is 17.2 Å². The van der Waals surface area contributed by atoms with Crippen molar-refractivity contribution >= 4 is 22.6 Å². The number of nitrogens with one attached hydrogen (secondary N) is 2. The first-order valence-electron chi connectivity index (χ1n) is 10.4. The highest BCUT2D eigenvalue weighted by molar-refractivity contribution is 5.92. The van der Waals surface area contributed by atoms with E-state index in [1.165, 1.54) is 6.07 Å². The van der Waals surface area contributed by atoms with E-state index >= 15 is 0 Å². The fraction of sp³-hybridized carbons (Fsp3) is 0.381. The van der Waals surface area contributed by atoms with E-state index in [0.717, 1.165) is 10.3 Å². The molecule has 1 aliphatic heterocycles. The molecule has 3 aromatic heterocycles. The molecule has 0 aliphatic carbocycles. The third-order valence-electron chi connectivity index (χ3n) is 5.64. The lowest BCUT2D eigenvalue weighted by Crippen LogP contribution is -2.46. The van der Waals surface area contributed by atoms with Crippen LogP contribution in [0.2, 0.25) is 0 Å². The molecule has 1 amide bonds. The van der Waals surface area contributed by atoms with Crippen molar-refractivity contribution in [2.45, 2.75) is 20.0 Å². The minimum absolute atomic E-state index is 0.0785. The van der Waals surface area contributed by atoms with Crippen LogP contribution in [0.3, 0.4) is 0 Å². The van der Waals surface area contributed by atoms with Gasteiger partial charge in [0.05, 0.1) is 17.4 Å². The van der Waals surface area contributed by atoms with Crippen molar-refractivity contribution in [3.05, 3.63) is 62.4 Å². The zero-order valence-corrected chi connectivity index (χ0v) is 17.9. The summed E-state index contributed by atoms with van der Waals surface area (Å²) in [4.78, 5) is 50.9. The number of amides is 1. The third-order valence-corrected chi connectivity index (χ3v) is 5.64. The average Bonchev–Trinajstić information content (AvgIpc) is 2.81. The number of rotatable bonds is 5. The molecular weight excluding hydrogens is 417 g/mol. The summed E-state index contributed by atoms with van der Waals surface area (Å²) in [7, 11) is 1.56. The van der Waals surface area contributed by atoms with Crippen molar-refractivity contribution in [3.63, 3.8) is 0 Å². The summed E-state index contributed by atoms with van der Waals surface area (Å²) in [5.41, 5.74) is 0.632. The molecule has 0 saturated carbocycles. The number of nitrogens with zero attached hydrogens (tertiary/aromatic N) is 5. The van der Waals surface area contributed by atoms with Crippen LogP contribution in [0.4, 0.5) is 10.1 Å². The highest BCUT2D eigenvalue weighted by Gasteiger charge is 2.20. The van der Waals surface area contributed by atoms with Gasteiger partial charge >= 0.3 is 5.69 Å². The van der Waals surface area contributed by atoms with Gasteiger partial charge in [0.2, 0.25) is 5.95 Å². The zero-order valence-electron chi connectivity index (χ0n) is 17.9. The number of pyridine rings is 2. The van der Waals surface area contributed by atoms with Gasteiger partial charge in [-0.1, -0.05) is 0 Å². The molecule has 11 heteroatoms. The number of H-pyrrole nitrogens is 1. The molecular formula is C21H24FN7O3. The van der Waals surface area contributed by atoms with Gasteiger partial charge in [0.25, 0.3) is 11.5 Å². The first kappa shape index (κ1) is 21.6. The maximum atomic E-state index is 14.6. The van der Waals surface area contributed by atoms with E-state index in [4.69, 9.17) is 0 Å². The van der Waals surface area contributed by atoms with Crippen molar-refractivity contribution in [2.75, 3.05) is 38.1 Å². The maximum absolute atomic E-state index is 14.6. The number of hydrogen-bond acceptors (Lipinski definition) is 7. The quantitative estimate of drug-likeness (QED) is 0.548. The first-order chi connectivity index (χ1) is 15.4. The molecule has 2 N–H and O–H groups in total. The first-order valence-corrected chi connectivity index (χ1v) is 10.4. The molecule has 0 unspecified atom stereocenters. The van der Waals surface area contributed by atoms with Gasteiger partial charge in [-0.2, -0.15) is 4.39 Å². The summed E-state index contributed by atoms with van der Waals surface area (Å²) in [5.74, 6) is -0.942. The molecule has 3 aromatic rings. The molecule has 4 heterocycles. The minimum atomic E-state index is -0.708. The van der Waals surface area contributed by atoms with Gasteiger partial charge in [0.15, 0.2) is 5.52 Å². The molecule has 0 spiro atoms. The van der Waals surface area contributed by atoms with Crippen molar-refractivity contribution in [3.8, 4) is 0 Å². The molecule has 168 valence electrons. The number of aromatic amines is 1. The van der Waals surface area contributed by atoms with Crippen molar-refractivity contribution in [2.24, 2.45) is 0 Å². The van der Waals surface area contributed by atoms with Gasteiger partial charge in [-0.15, -0.1) is 0 Å². The van der Waals surface area contributed by atoms with E-state index in [9.17, 15) is 18.8 Å². The van der Waals surface area contributed by atoms with Crippen molar-refractivity contribution in [1.82, 2.24) is 29.7 Å². The second-order valence-corrected chi connectivity index (χ2v) is 7.56. The predicted molar refractivity (Wildman–Crippen MR) is 117 cm³/mol. The maximum Gasteiger partial charge on any atom is 0.328 e. The van der Waals surface area contributed by atoms with E-state index in [2.05, 4.69) is 30.1 Å². The Bertz CT molecular complexity index is 1260. The average molecular weight is 441 g/mol. The van der Waals surface area contributed by atoms with Gasteiger partial charge in [-0.05, 0) is 25.1 Å². The second-order valence-electron chi connectivity index (χ2n) is 7.56. The normalized spacial score (nSPS) is 14.7. The van der Waals surface area contributed by atoms with E-state index in [0.29, 0.717) is 44.0 Å². The summed E-state index contributed by atoms with van der Waals surface area (Å²) < 4.78 is 15.6. The molecule has 1 fully saturated rings. The molecule has 4 rings (SSSR count). The van der Waals surface area contributed by atoms with Gasteiger partial charge in [0.1, 0.15) is 5.69 Å². The Labute approximate surface area is 182 Å². The molecule has 0 radical (unpaired) electrons. The highest BCUT2D eigenvalue weighted by Crippen LogP contribution is 2.18. The van der Waals surface area contributed by atoms with Crippen LogP contribution in [-0.2, 0) is 13.1 Å². The highest BCUT2D eigenvalue weighted by atomic mass is 19.1. The number of piperazine rings is 1. The van der Waals surface area contributed by atoms with Crippen LogP contribution in [0.25, 0.3) is 11.0 Å². The number of carbonyl (C=O) groups excluding carboxylic acids is 1. The summed E-state index contributed by atoms with van der Waals surface area (Å²) in [5, 5.41) is 2.54. The Balaban J connectivity index is 1.46. The number of carbonyl (C=O) groups is 1. The van der Waals surface area contributed by atoms with Crippen molar-refractivity contribution in [1.29, 1.82) is 0 Å². The van der Waals surface area contributed by atoms with E-state index in [-0.39, 0.29) is 23.5 Å². The molecule has 0 bridgehead atoms. The van der Waals surface area contributed by atoms with Crippen LogP contribution in [0.1, 0.15) is 23.0 Å². The van der Waals surface area contributed by atoms with Gasteiger partial charge < -0.3 is 15.2 Å². The van der Waals surface area contributed by atoms with Gasteiger partial charge in [-0.3, -0.25) is 19.1 Å². The summed E-state index contributed by atoms with van der Waals surface area (Å²) >= 11 is 0. The number of anilines is 1. The van der Waals surface area contributed by atoms with E-state index in [1.807, 2.05) is 6.07 Å². The monoisotopic (exact) mass is 441 g/mol. The van der Waals surface area contributed by atoms with Crippen LogP contribution < -0.4 is 21.5 Å². The predicted octanol–water partition coefficient (Wildman–Crippen LogP) is 0.321. The summed E-state index contributed by atoms with van der Waals surface area (Å²) in [6.45, 7) is 4.95. The molecule has 10 nitrogen and oxygen atoms in total. The smallest absolute Gasteiger partial charge is 0.328 e. The Hall–Kier alpha value is -3.60. The molecule has 1 aliphatic rings. The fourth-order valence-electron chi connectivity index (χ4n) is 3.83. The van der Waals surface area contributed by atoms with E-state index in [1.54, 1.807) is 26.2 Å². The van der Waals surface area contributed by atoms with Gasteiger partial charge in [0, 0.05) is 51.9 Å². The Kier molecular flexibility index (Phi) is 5.99. The summed E-state index contributed by atoms with van der Waals surface area (Å²) in [6, 6.07) is 5.04. The number of fused-ring (bicyclic) bond motifs is 1. The van der Waals surface area contributed by atoms with Crippen LogP contribution in [0.15, 0.2) is 34.0 Å². The number of aromatic nitrogens is 4. The SMILES string of the molecule is CCn1c(=O)[nH]c2cc(CN3CCN(c4ccc(C(=O)NC)nc4)CC3)c(F)nc2c1=O. The Morgan fingerprint density at radius 2 is 1.97 bits per heavy atom. The van der Waals surface area contributed by atoms with Gasteiger partial charge in [-0.25, -0.2) is 14.8 Å². The number of halogens is 1. The lowest BCUT2D eigenvalue weighted by molar-refractivity contribution is 0.0958. The van der Waals surface area contributed by atoms with Crippen LogP contribution in [0.5, 0.6) is 0 Å². The standard InChI is InChI=1S/C21H24FN7O3/c1-3-29-20(31)17-16(25-21(29)32)10-13(18(22)26-17)12-27-6-8-28(9-7-27)14-4-5-15(24-11-14)19(30)23-2/h4-5,10-11H,3,6-9,12H2,1-2H3,(H,23,30)(H,25,32). The zero-order chi connectivity index (χ0) is 22.8. The third kappa shape index (κ3) is 4.11. The molecule has 1 saturated heterocycles. The topological polar surface area (TPSA) is 116 Å². The van der Waals surface area contributed by atoms with Crippen LogP contribution in [0, 0.1) is 5.95 Å². The Morgan fingerprint density at radius 3 is 2.59 bits per heavy atom. The molecule has 0 atom stereocenters. The number of hydrogen-bond donors (Lipinski definition) is 2. The van der Waals surface area contributed by atoms with Crippen LogP contribution >= 0.6 is 0 Å². The lowest BCUT2D eigenvalue weighted by atomic mass is 10.2. The van der Waals surface area contributed by atoms with Crippen molar-refractivity contribution < 1.29 is 9.18 Å². The largest absolute Gasteiger partial charge is 0.368 e. The Morgan fingerprint density at radius 1 is 1.22 bits per heavy atom. The molecule has 0 aromatic carbocycles. The second kappa shape index (κ2) is 8.87. The summed E-state index contributed by atoms with van der Waals surface area (Å²) in [6.07, 6.45) is 1.67.